The number of carbonyl (C=O) groups excluding carboxylic acids is 1. The molecule has 2 spiro atoms. The maximum absolute atomic E-state index is 12.6. The molecular weight excluding hydrogens is 276 g/mol. The molecule has 5 fully saturated rings. The van der Waals surface area contributed by atoms with Crippen molar-refractivity contribution < 1.29 is 28.5 Å². The number of hydrogen-bond donors (Lipinski definition) is 0. The van der Waals surface area contributed by atoms with E-state index in [1.807, 2.05) is 13.8 Å². The molecule has 6 heteroatoms. The smallest absolute Gasteiger partial charge is 0.342 e. The molecule has 0 amide bonds. The highest BCUT2D eigenvalue weighted by Gasteiger charge is 2.88. The van der Waals surface area contributed by atoms with Crippen LogP contribution in [0.5, 0.6) is 0 Å². The molecule has 0 aromatic carbocycles. The molecule has 6 nitrogen and oxygen atoms in total. The van der Waals surface area contributed by atoms with Crippen LogP contribution in [0.25, 0.3) is 0 Å². The highest BCUT2D eigenvalue weighted by atomic mass is 16.8. The maximum atomic E-state index is 12.6. The average Bonchev–Trinajstić information content (AvgIpc) is 3.12. The van der Waals surface area contributed by atoms with Crippen molar-refractivity contribution in [3.8, 4) is 0 Å². The quantitative estimate of drug-likeness (QED) is 0.661. The molecule has 4 saturated heterocycles. The number of ether oxygens (including phenoxy) is 5. The van der Waals surface area contributed by atoms with E-state index < -0.39 is 23.1 Å². The van der Waals surface area contributed by atoms with Crippen molar-refractivity contribution in [3.05, 3.63) is 0 Å². The van der Waals surface area contributed by atoms with Gasteiger partial charge in [0.2, 0.25) is 5.60 Å². The summed E-state index contributed by atoms with van der Waals surface area (Å²) in [4.78, 5) is 12.6. The zero-order valence-corrected chi connectivity index (χ0v) is 12.3. The van der Waals surface area contributed by atoms with Crippen LogP contribution in [0.3, 0.4) is 0 Å². The molecule has 4 heterocycles. The first-order chi connectivity index (χ1) is 10.0. The van der Waals surface area contributed by atoms with Crippen molar-refractivity contribution in [1.82, 2.24) is 0 Å². The Hall–Kier alpha value is -0.690. The van der Waals surface area contributed by atoms with Crippen LogP contribution < -0.4 is 0 Å². The van der Waals surface area contributed by atoms with E-state index in [4.69, 9.17) is 23.7 Å². The van der Waals surface area contributed by atoms with Gasteiger partial charge in [0, 0.05) is 25.0 Å². The third-order valence-corrected chi connectivity index (χ3v) is 6.00. The molecule has 5 aliphatic rings. The van der Waals surface area contributed by atoms with Gasteiger partial charge < -0.3 is 23.7 Å². The van der Waals surface area contributed by atoms with E-state index >= 15 is 0 Å². The second-order valence-electron chi connectivity index (χ2n) is 7.21. The van der Waals surface area contributed by atoms with Crippen LogP contribution in [0, 0.1) is 11.8 Å². The van der Waals surface area contributed by atoms with Gasteiger partial charge in [-0.05, 0) is 26.7 Å². The molecule has 1 aliphatic carbocycles. The molecule has 116 valence electrons. The Morgan fingerprint density at radius 3 is 2.57 bits per heavy atom. The summed E-state index contributed by atoms with van der Waals surface area (Å²) < 4.78 is 29.4. The highest BCUT2D eigenvalue weighted by molar-refractivity contribution is 5.88. The number of cyclic esters (lactones) is 1. The van der Waals surface area contributed by atoms with Gasteiger partial charge in [-0.15, -0.1) is 0 Å². The standard InChI is InChI=1S/C15H20O6/c1-13(2)19-7-10(21-13)11-14-8(3-5-17-14)9-4-6-18-15(9,14)12(16)20-11/h8-11H,3-7H2,1-2H3/t8-,9+,10+,11+,14+,15-/m0/s1. The molecule has 1 saturated carbocycles. The van der Waals surface area contributed by atoms with Gasteiger partial charge in [-0.2, -0.15) is 0 Å². The van der Waals surface area contributed by atoms with E-state index in [-0.39, 0.29) is 18.0 Å². The van der Waals surface area contributed by atoms with E-state index in [2.05, 4.69) is 0 Å². The van der Waals surface area contributed by atoms with Crippen LogP contribution in [0.4, 0.5) is 0 Å². The zero-order valence-electron chi connectivity index (χ0n) is 12.3. The predicted octanol–water partition coefficient (Wildman–Crippen LogP) is 0.627. The Morgan fingerprint density at radius 1 is 1.05 bits per heavy atom. The van der Waals surface area contributed by atoms with Gasteiger partial charge in [-0.3, -0.25) is 0 Å². The minimum atomic E-state index is -0.880. The number of hydrogen-bond acceptors (Lipinski definition) is 6. The Morgan fingerprint density at radius 2 is 1.81 bits per heavy atom. The highest BCUT2D eigenvalue weighted by Crippen LogP contribution is 2.70. The Kier molecular flexibility index (Phi) is 2.21. The summed E-state index contributed by atoms with van der Waals surface area (Å²) in [5, 5.41) is 0. The third-order valence-electron chi connectivity index (χ3n) is 6.00. The lowest BCUT2D eigenvalue weighted by atomic mass is 9.49. The van der Waals surface area contributed by atoms with Gasteiger partial charge in [0.25, 0.3) is 0 Å². The van der Waals surface area contributed by atoms with Crippen molar-refractivity contribution in [2.24, 2.45) is 11.8 Å². The summed E-state index contributed by atoms with van der Waals surface area (Å²) in [5.74, 6) is -0.324. The van der Waals surface area contributed by atoms with Crippen LogP contribution in [0.1, 0.15) is 26.7 Å². The lowest BCUT2D eigenvalue weighted by Crippen LogP contribution is -2.76. The fourth-order valence-corrected chi connectivity index (χ4v) is 5.39. The van der Waals surface area contributed by atoms with Gasteiger partial charge in [0.1, 0.15) is 6.10 Å². The van der Waals surface area contributed by atoms with E-state index in [9.17, 15) is 4.79 Å². The molecular formula is C15H20O6. The van der Waals surface area contributed by atoms with Gasteiger partial charge in [-0.25, -0.2) is 4.79 Å². The lowest BCUT2D eigenvalue weighted by molar-refractivity contribution is -0.264. The van der Waals surface area contributed by atoms with E-state index in [1.54, 1.807) is 0 Å². The summed E-state index contributed by atoms with van der Waals surface area (Å²) >= 11 is 0. The van der Waals surface area contributed by atoms with Crippen molar-refractivity contribution >= 4 is 5.97 Å². The van der Waals surface area contributed by atoms with Crippen molar-refractivity contribution in [3.63, 3.8) is 0 Å². The minimum absolute atomic E-state index is 0.243. The van der Waals surface area contributed by atoms with Crippen LogP contribution in [0.2, 0.25) is 0 Å². The molecule has 0 N–H and O–H groups in total. The van der Waals surface area contributed by atoms with Crippen molar-refractivity contribution in [2.45, 2.75) is 55.9 Å². The molecule has 6 atom stereocenters. The maximum Gasteiger partial charge on any atom is 0.342 e. The molecule has 21 heavy (non-hydrogen) atoms. The molecule has 0 bridgehead atoms. The number of rotatable bonds is 1. The first kappa shape index (κ1) is 12.8. The second-order valence-corrected chi connectivity index (χ2v) is 7.21. The number of fused-ring (bicyclic) bond motifs is 1. The Bertz CT molecular complexity index is 518. The summed E-state index contributed by atoms with van der Waals surface area (Å²) in [6.07, 6.45) is 1.19. The summed E-state index contributed by atoms with van der Waals surface area (Å²) in [5.41, 5.74) is -1.53. The molecule has 0 radical (unpaired) electrons. The minimum Gasteiger partial charge on any atom is -0.454 e. The van der Waals surface area contributed by atoms with Crippen LogP contribution in [0.15, 0.2) is 0 Å². The van der Waals surface area contributed by atoms with Crippen LogP contribution >= 0.6 is 0 Å². The summed E-state index contributed by atoms with van der Waals surface area (Å²) in [6.45, 7) is 5.45. The second kappa shape index (κ2) is 3.62. The van der Waals surface area contributed by atoms with Gasteiger partial charge in [0.05, 0.1) is 6.61 Å². The normalized spacial score (nSPS) is 56.6. The zero-order chi connectivity index (χ0) is 14.5. The van der Waals surface area contributed by atoms with E-state index in [0.717, 1.165) is 12.8 Å². The SMILES string of the molecule is CC1(C)OC[C@H]([C@H]2OC(=O)[C@@]34OCC[C@@H]3[C@@H]3CCO[C@@]234)O1. The van der Waals surface area contributed by atoms with Gasteiger partial charge in [-0.1, -0.05) is 0 Å². The molecule has 0 aromatic heterocycles. The monoisotopic (exact) mass is 296 g/mol. The lowest BCUT2D eigenvalue weighted by Gasteiger charge is -2.56. The average molecular weight is 296 g/mol. The van der Waals surface area contributed by atoms with Crippen molar-refractivity contribution in [1.29, 1.82) is 0 Å². The molecule has 4 aliphatic heterocycles. The van der Waals surface area contributed by atoms with Crippen LogP contribution in [-0.2, 0) is 28.5 Å². The number of esters is 1. The van der Waals surface area contributed by atoms with Crippen LogP contribution in [-0.4, -0.2) is 55.0 Å². The van der Waals surface area contributed by atoms with Gasteiger partial charge in [0.15, 0.2) is 17.5 Å². The third kappa shape index (κ3) is 1.20. The van der Waals surface area contributed by atoms with E-state index in [0.29, 0.717) is 25.7 Å². The number of carbonyl (C=O) groups is 1. The molecule has 0 unspecified atom stereocenters. The topological polar surface area (TPSA) is 63.2 Å². The van der Waals surface area contributed by atoms with Crippen molar-refractivity contribution in [2.75, 3.05) is 19.8 Å². The molecule has 0 aromatic rings. The largest absolute Gasteiger partial charge is 0.454 e. The summed E-state index contributed by atoms with van der Waals surface area (Å²) in [6, 6.07) is 0. The first-order valence-corrected chi connectivity index (χ1v) is 7.82. The predicted molar refractivity (Wildman–Crippen MR) is 68.4 cm³/mol. The van der Waals surface area contributed by atoms with E-state index in [1.165, 1.54) is 0 Å². The van der Waals surface area contributed by atoms with Gasteiger partial charge >= 0.3 is 5.97 Å². The first-order valence-electron chi connectivity index (χ1n) is 7.82. The fraction of sp³-hybridized carbons (Fsp3) is 0.933. The Labute approximate surface area is 123 Å². The fourth-order valence-electron chi connectivity index (χ4n) is 5.39. The Balaban J connectivity index is 1.56. The summed E-state index contributed by atoms with van der Waals surface area (Å²) in [7, 11) is 0. The molecule has 5 rings (SSSR count).